The van der Waals surface area contributed by atoms with Gasteiger partial charge in [-0.3, -0.25) is 4.79 Å². The number of para-hydroxylation sites is 1. The summed E-state index contributed by atoms with van der Waals surface area (Å²) < 4.78 is 32.6. The second-order valence-corrected chi connectivity index (χ2v) is 8.91. The predicted octanol–water partition coefficient (Wildman–Crippen LogP) is 5.55. The van der Waals surface area contributed by atoms with Crippen molar-refractivity contribution in [2.24, 2.45) is 0 Å². The molecule has 4 aromatic rings. The molecule has 0 aliphatic rings. The van der Waals surface area contributed by atoms with Crippen LogP contribution in [0.4, 0.5) is 13.6 Å². The van der Waals surface area contributed by atoms with E-state index >= 15 is 0 Å². The van der Waals surface area contributed by atoms with Crippen LogP contribution in [0.5, 0.6) is 0 Å². The molecule has 0 bridgehead atoms. The topological polar surface area (TPSA) is 83.2 Å². The Bertz CT molecular complexity index is 1370. The van der Waals surface area contributed by atoms with Crippen molar-refractivity contribution in [3.8, 4) is 0 Å². The van der Waals surface area contributed by atoms with Gasteiger partial charge in [-0.1, -0.05) is 48.5 Å². The number of fused-ring (bicyclic) bond motifs is 1. The number of aromatic amines is 1. The first-order valence-electron chi connectivity index (χ1n) is 11.5. The van der Waals surface area contributed by atoms with Gasteiger partial charge in [-0.25, -0.2) is 13.6 Å². The van der Waals surface area contributed by atoms with E-state index in [0.29, 0.717) is 0 Å². The van der Waals surface area contributed by atoms with Crippen LogP contribution in [0.1, 0.15) is 36.6 Å². The molecule has 0 aliphatic heterocycles. The third kappa shape index (κ3) is 5.71. The zero-order valence-electron chi connectivity index (χ0n) is 20.0. The van der Waals surface area contributed by atoms with Crippen LogP contribution < -0.4 is 10.6 Å². The van der Waals surface area contributed by atoms with Gasteiger partial charge in [-0.15, -0.1) is 0 Å². The highest BCUT2D eigenvalue weighted by Gasteiger charge is 2.37. The van der Waals surface area contributed by atoms with E-state index in [-0.39, 0.29) is 18.0 Å². The van der Waals surface area contributed by atoms with Crippen LogP contribution >= 0.6 is 0 Å². The minimum absolute atomic E-state index is 0.106. The predicted molar refractivity (Wildman–Crippen MR) is 133 cm³/mol. The van der Waals surface area contributed by atoms with Crippen LogP contribution in [0.3, 0.4) is 0 Å². The minimum atomic E-state index is -1.41. The van der Waals surface area contributed by atoms with Crippen LogP contribution in [-0.4, -0.2) is 22.5 Å². The van der Waals surface area contributed by atoms with Gasteiger partial charge < -0.3 is 20.4 Å². The molecule has 8 heteroatoms. The summed E-state index contributed by atoms with van der Waals surface area (Å²) in [6, 6.07) is 19.7. The van der Waals surface area contributed by atoms with E-state index in [4.69, 9.17) is 4.74 Å². The molecule has 0 spiro atoms. The molecule has 2 amide bonds. The van der Waals surface area contributed by atoms with E-state index < -0.39 is 35.8 Å². The Morgan fingerprint density at radius 2 is 1.72 bits per heavy atom. The zero-order valence-corrected chi connectivity index (χ0v) is 20.0. The Labute approximate surface area is 207 Å². The molecular weight excluding hydrogens is 464 g/mol. The molecule has 0 radical (unpaired) electrons. The Balaban J connectivity index is 1.55. The van der Waals surface area contributed by atoms with Gasteiger partial charge in [0.15, 0.2) is 0 Å². The zero-order chi connectivity index (χ0) is 25.7. The molecule has 2 atom stereocenters. The molecular formula is C28H27F2N3O3. The van der Waals surface area contributed by atoms with Gasteiger partial charge in [0.1, 0.15) is 23.8 Å². The van der Waals surface area contributed by atoms with E-state index in [2.05, 4.69) is 15.6 Å². The van der Waals surface area contributed by atoms with Crippen molar-refractivity contribution < 1.29 is 23.1 Å². The summed E-state index contributed by atoms with van der Waals surface area (Å²) in [5, 5.41) is 6.54. The SMILES string of the molecule is C[C@@H](NC(=O)[C@@](C)(Cc1c[nH]c2ccccc12)NC(=O)OCc1cc(F)ccc1F)c1ccccc1. The third-order valence-corrected chi connectivity index (χ3v) is 6.11. The first kappa shape index (κ1) is 24.9. The van der Waals surface area contributed by atoms with E-state index in [1.807, 2.05) is 61.5 Å². The van der Waals surface area contributed by atoms with Crippen LogP contribution in [0, 0.1) is 11.6 Å². The van der Waals surface area contributed by atoms with Gasteiger partial charge in [0.2, 0.25) is 5.91 Å². The normalized spacial score (nSPS) is 13.6. The molecule has 0 saturated carbocycles. The summed E-state index contributed by atoms with van der Waals surface area (Å²) >= 11 is 0. The van der Waals surface area contributed by atoms with E-state index in [1.165, 1.54) is 0 Å². The Kier molecular flexibility index (Phi) is 7.33. The largest absolute Gasteiger partial charge is 0.445 e. The molecule has 0 fully saturated rings. The monoisotopic (exact) mass is 491 g/mol. The number of amides is 2. The number of alkyl carbamates (subject to hydrolysis) is 1. The van der Waals surface area contributed by atoms with Crippen LogP contribution in [-0.2, 0) is 22.6 Å². The van der Waals surface area contributed by atoms with Crippen molar-refractivity contribution in [3.63, 3.8) is 0 Å². The maximum atomic E-state index is 13.9. The Hall–Kier alpha value is -4.20. The van der Waals surface area contributed by atoms with Gasteiger partial charge in [0.25, 0.3) is 0 Å². The minimum Gasteiger partial charge on any atom is -0.445 e. The van der Waals surface area contributed by atoms with Gasteiger partial charge in [-0.2, -0.15) is 0 Å². The molecule has 186 valence electrons. The maximum Gasteiger partial charge on any atom is 0.408 e. The van der Waals surface area contributed by atoms with Crippen LogP contribution in [0.25, 0.3) is 10.9 Å². The fraction of sp³-hybridized carbons (Fsp3) is 0.214. The number of nitrogens with one attached hydrogen (secondary N) is 3. The number of halogens is 2. The van der Waals surface area contributed by atoms with Crippen molar-refractivity contribution in [2.75, 3.05) is 0 Å². The number of aromatic nitrogens is 1. The van der Waals surface area contributed by atoms with E-state index in [0.717, 1.165) is 40.2 Å². The Morgan fingerprint density at radius 3 is 2.50 bits per heavy atom. The van der Waals surface area contributed by atoms with Crippen molar-refractivity contribution >= 4 is 22.9 Å². The average Bonchev–Trinajstić information content (AvgIpc) is 3.27. The molecule has 36 heavy (non-hydrogen) atoms. The maximum absolute atomic E-state index is 13.9. The van der Waals surface area contributed by atoms with Crippen molar-refractivity contribution in [3.05, 3.63) is 107 Å². The Morgan fingerprint density at radius 1 is 1.00 bits per heavy atom. The quantitative estimate of drug-likeness (QED) is 0.302. The molecule has 4 rings (SSSR count). The van der Waals surface area contributed by atoms with Crippen LogP contribution in [0.15, 0.2) is 79.0 Å². The summed E-state index contributed by atoms with van der Waals surface area (Å²) in [5.41, 5.74) is 1.12. The number of H-pyrrole nitrogens is 1. The number of rotatable bonds is 8. The molecule has 3 N–H and O–H groups in total. The van der Waals surface area contributed by atoms with Crippen molar-refractivity contribution in [2.45, 2.75) is 38.5 Å². The van der Waals surface area contributed by atoms with Gasteiger partial charge >= 0.3 is 6.09 Å². The second-order valence-electron chi connectivity index (χ2n) is 8.91. The first-order chi connectivity index (χ1) is 17.2. The number of carbonyl (C=O) groups excluding carboxylic acids is 2. The number of hydrogen-bond donors (Lipinski definition) is 3. The number of hydrogen-bond acceptors (Lipinski definition) is 3. The highest BCUT2D eigenvalue weighted by atomic mass is 19.1. The molecule has 1 aromatic heterocycles. The first-order valence-corrected chi connectivity index (χ1v) is 11.5. The van der Waals surface area contributed by atoms with Crippen molar-refractivity contribution in [1.29, 1.82) is 0 Å². The highest BCUT2D eigenvalue weighted by molar-refractivity contribution is 5.91. The molecule has 1 heterocycles. The van der Waals surface area contributed by atoms with E-state index in [1.54, 1.807) is 13.1 Å². The molecule has 0 unspecified atom stereocenters. The fourth-order valence-corrected chi connectivity index (χ4v) is 4.08. The highest BCUT2D eigenvalue weighted by Crippen LogP contribution is 2.24. The second kappa shape index (κ2) is 10.6. The summed E-state index contributed by atoms with van der Waals surface area (Å²) in [6.07, 6.45) is 1.03. The lowest BCUT2D eigenvalue weighted by Gasteiger charge is -2.31. The smallest absolute Gasteiger partial charge is 0.408 e. The third-order valence-electron chi connectivity index (χ3n) is 6.11. The summed E-state index contributed by atoms with van der Waals surface area (Å²) in [4.78, 5) is 29.4. The molecule has 0 aliphatic carbocycles. The number of benzene rings is 3. The molecule has 0 saturated heterocycles. The van der Waals surface area contributed by atoms with Crippen LogP contribution in [0.2, 0.25) is 0 Å². The van der Waals surface area contributed by atoms with Gasteiger partial charge in [0.05, 0.1) is 6.04 Å². The lowest BCUT2D eigenvalue weighted by Crippen LogP contribution is -2.58. The number of ether oxygens (including phenoxy) is 1. The van der Waals surface area contributed by atoms with Gasteiger partial charge in [-0.05, 0) is 49.2 Å². The fourth-order valence-electron chi connectivity index (χ4n) is 4.08. The van der Waals surface area contributed by atoms with Crippen molar-refractivity contribution in [1.82, 2.24) is 15.6 Å². The lowest BCUT2D eigenvalue weighted by molar-refractivity contribution is -0.127. The number of carbonyl (C=O) groups is 2. The standard InChI is InChI=1S/C28H27F2N3O3/c1-18(19-8-4-3-5-9-19)32-26(34)28(2,15-21-16-31-25-11-7-6-10-23(21)25)33-27(35)36-17-20-14-22(29)12-13-24(20)30/h3-14,16,18,31H,15,17H2,1-2H3,(H,32,34)(H,33,35)/t18-,28-/m1/s1. The van der Waals surface area contributed by atoms with E-state index in [9.17, 15) is 18.4 Å². The summed E-state index contributed by atoms with van der Waals surface area (Å²) in [7, 11) is 0. The lowest BCUT2D eigenvalue weighted by atomic mass is 9.91. The van der Waals surface area contributed by atoms with Gasteiger partial charge in [0, 0.05) is 29.1 Å². The summed E-state index contributed by atoms with van der Waals surface area (Å²) in [6.45, 7) is 2.97. The summed E-state index contributed by atoms with van der Waals surface area (Å²) in [5.74, 6) is -1.76. The average molecular weight is 492 g/mol. The molecule has 3 aromatic carbocycles. The molecule has 6 nitrogen and oxygen atoms in total.